The van der Waals surface area contributed by atoms with Crippen molar-refractivity contribution in [3.8, 4) is 11.3 Å². The molecule has 0 spiro atoms. The molecule has 1 unspecified atom stereocenters. The molecule has 1 amide bonds. The van der Waals surface area contributed by atoms with E-state index in [-0.39, 0.29) is 11.9 Å². The molecule has 2 aromatic rings. The maximum Gasteiger partial charge on any atom is 0.255 e. The van der Waals surface area contributed by atoms with Crippen molar-refractivity contribution in [1.29, 1.82) is 0 Å². The first-order chi connectivity index (χ1) is 9.63. The molecule has 3 N–H and O–H groups in total. The first-order valence-electron chi connectivity index (χ1n) is 6.37. The zero-order valence-electron chi connectivity index (χ0n) is 11.4. The number of nitrogens with zero attached hydrogens (tertiary/aromatic N) is 1. The summed E-state index contributed by atoms with van der Waals surface area (Å²) in [4.78, 5) is 12.1. The molecule has 2 rings (SSSR count). The Kier molecular flexibility index (Phi) is 4.47. The fourth-order valence-electron chi connectivity index (χ4n) is 1.77. The highest BCUT2D eigenvalue weighted by molar-refractivity contribution is 5.99. The molecule has 0 saturated heterocycles. The summed E-state index contributed by atoms with van der Waals surface area (Å²) < 4.78 is 13.8. The van der Waals surface area contributed by atoms with Gasteiger partial charge in [-0.3, -0.25) is 9.89 Å². The van der Waals surface area contributed by atoms with Crippen molar-refractivity contribution in [2.75, 3.05) is 13.6 Å². The number of H-pyrrole nitrogens is 1. The Labute approximate surface area is 116 Å². The second-order valence-corrected chi connectivity index (χ2v) is 4.54. The first-order valence-corrected chi connectivity index (χ1v) is 6.37. The van der Waals surface area contributed by atoms with Crippen LogP contribution in [-0.4, -0.2) is 35.7 Å². The van der Waals surface area contributed by atoms with Crippen molar-refractivity contribution >= 4 is 5.91 Å². The van der Waals surface area contributed by atoms with E-state index in [4.69, 9.17) is 0 Å². The fourth-order valence-corrected chi connectivity index (χ4v) is 1.77. The number of aromatic amines is 1. The van der Waals surface area contributed by atoms with E-state index in [2.05, 4.69) is 20.8 Å². The number of hydrogen-bond donors (Lipinski definition) is 3. The molecule has 1 atom stereocenters. The van der Waals surface area contributed by atoms with Gasteiger partial charge in [0.15, 0.2) is 0 Å². The highest BCUT2D eigenvalue weighted by atomic mass is 19.1. The minimum Gasteiger partial charge on any atom is -0.350 e. The average molecular weight is 276 g/mol. The molecule has 6 heteroatoms. The van der Waals surface area contributed by atoms with Crippen LogP contribution in [0.15, 0.2) is 30.5 Å². The van der Waals surface area contributed by atoms with E-state index in [1.807, 2.05) is 14.0 Å². The van der Waals surface area contributed by atoms with Crippen LogP contribution < -0.4 is 10.6 Å². The summed E-state index contributed by atoms with van der Waals surface area (Å²) in [5, 5.41) is 12.3. The first kappa shape index (κ1) is 14.2. The van der Waals surface area contributed by atoms with Gasteiger partial charge in [0.25, 0.3) is 5.91 Å². The Morgan fingerprint density at radius 1 is 1.45 bits per heavy atom. The molecule has 5 nitrogen and oxygen atoms in total. The quantitative estimate of drug-likeness (QED) is 0.776. The molecule has 0 aliphatic rings. The van der Waals surface area contributed by atoms with Crippen molar-refractivity contribution in [3.05, 3.63) is 41.8 Å². The summed E-state index contributed by atoms with van der Waals surface area (Å²) in [6, 6.07) is 6.42. The molecule has 0 aliphatic carbocycles. The SMILES string of the molecule is CNC(C)CNC(=O)c1cn[nH]c1-c1ccccc1F. The van der Waals surface area contributed by atoms with E-state index >= 15 is 0 Å². The number of halogens is 1. The van der Waals surface area contributed by atoms with Crippen LogP contribution in [0.2, 0.25) is 0 Å². The average Bonchev–Trinajstić information content (AvgIpc) is 2.94. The number of nitrogens with one attached hydrogen (secondary N) is 3. The molecule has 1 aromatic carbocycles. The van der Waals surface area contributed by atoms with Crippen LogP contribution in [0.4, 0.5) is 4.39 Å². The fraction of sp³-hybridized carbons (Fsp3) is 0.286. The van der Waals surface area contributed by atoms with Crippen molar-refractivity contribution in [1.82, 2.24) is 20.8 Å². The topological polar surface area (TPSA) is 69.8 Å². The summed E-state index contributed by atoms with van der Waals surface area (Å²) >= 11 is 0. The lowest BCUT2D eigenvalue weighted by atomic mass is 10.1. The van der Waals surface area contributed by atoms with Gasteiger partial charge in [0.05, 0.1) is 17.5 Å². The second-order valence-electron chi connectivity index (χ2n) is 4.54. The van der Waals surface area contributed by atoms with Crippen LogP contribution in [0.5, 0.6) is 0 Å². The van der Waals surface area contributed by atoms with Gasteiger partial charge in [-0.1, -0.05) is 12.1 Å². The number of likely N-dealkylation sites (N-methyl/N-ethyl adjacent to an activating group) is 1. The van der Waals surface area contributed by atoms with E-state index in [0.717, 1.165) is 0 Å². The van der Waals surface area contributed by atoms with E-state index in [1.54, 1.807) is 18.2 Å². The van der Waals surface area contributed by atoms with Gasteiger partial charge in [0.2, 0.25) is 0 Å². The van der Waals surface area contributed by atoms with Gasteiger partial charge in [-0.2, -0.15) is 5.10 Å². The second kappa shape index (κ2) is 6.29. The molecular weight excluding hydrogens is 259 g/mol. The van der Waals surface area contributed by atoms with Gasteiger partial charge in [-0.05, 0) is 26.1 Å². The summed E-state index contributed by atoms with van der Waals surface area (Å²) in [6.45, 7) is 2.44. The molecular formula is C14H17FN4O. The Hall–Kier alpha value is -2.21. The van der Waals surface area contributed by atoms with Crippen LogP contribution in [0.1, 0.15) is 17.3 Å². The minimum atomic E-state index is -0.394. The Morgan fingerprint density at radius 3 is 2.90 bits per heavy atom. The molecule has 0 bridgehead atoms. The Balaban J connectivity index is 2.21. The lowest BCUT2D eigenvalue weighted by molar-refractivity contribution is 0.0951. The lowest BCUT2D eigenvalue weighted by Gasteiger charge is -2.11. The highest BCUT2D eigenvalue weighted by Crippen LogP contribution is 2.23. The maximum absolute atomic E-state index is 13.8. The number of benzene rings is 1. The lowest BCUT2D eigenvalue weighted by Crippen LogP contribution is -2.37. The summed E-state index contributed by atoms with van der Waals surface area (Å²) in [7, 11) is 1.82. The third-order valence-corrected chi connectivity index (χ3v) is 3.09. The molecule has 0 radical (unpaired) electrons. The zero-order valence-corrected chi connectivity index (χ0v) is 11.4. The number of amides is 1. The smallest absolute Gasteiger partial charge is 0.255 e. The highest BCUT2D eigenvalue weighted by Gasteiger charge is 2.17. The van der Waals surface area contributed by atoms with Crippen LogP contribution >= 0.6 is 0 Å². The standard InChI is InChI=1S/C14H17FN4O/c1-9(16-2)7-17-14(20)11-8-18-19-13(11)10-5-3-4-6-12(10)15/h3-6,8-9,16H,7H2,1-2H3,(H,17,20)(H,18,19). The molecule has 0 saturated carbocycles. The summed E-state index contributed by atoms with van der Waals surface area (Å²) in [6.07, 6.45) is 1.40. The van der Waals surface area contributed by atoms with Gasteiger partial charge < -0.3 is 10.6 Å². The molecule has 0 fully saturated rings. The Morgan fingerprint density at radius 2 is 2.20 bits per heavy atom. The van der Waals surface area contributed by atoms with Gasteiger partial charge in [0, 0.05) is 18.2 Å². The maximum atomic E-state index is 13.8. The van der Waals surface area contributed by atoms with E-state index in [9.17, 15) is 9.18 Å². The van der Waals surface area contributed by atoms with Crippen LogP contribution in [0, 0.1) is 5.82 Å². The number of hydrogen-bond acceptors (Lipinski definition) is 3. The third kappa shape index (κ3) is 3.03. The van der Waals surface area contributed by atoms with E-state index < -0.39 is 5.82 Å². The van der Waals surface area contributed by atoms with Crippen LogP contribution in [0.25, 0.3) is 11.3 Å². The largest absolute Gasteiger partial charge is 0.350 e. The predicted octanol–water partition coefficient (Wildman–Crippen LogP) is 1.55. The molecule has 20 heavy (non-hydrogen) atoms. The van der Waals surface area contributed by atoms with Gasteiger partial charge >= 0.3 is 0 Å². The molecule has 1 heterocycles. The van der Waals surface area contributed by atoms with Crippen molar-refractivity contribution in [3.63, 3.8) is 0 Å². The third-order valence-electron chi connectivity index (χ3n) is 3.09. The zero-order chi connectivity index (χ0) is 14.5. The predicted molar refractivity (Wildman–Crippen MR) is 74.8 cm³/mol. The van der Waals surface area contributed by atoms with Gasteiger partial charge in [0.1, 0.15) is 5.82 Å². The van der Waals surface area contributed by atoms with Crippen molar-refractivity contribution < 1.29 is 9.18 Å². The van der Waals surface area contributed by atoms with E-state index in [1.165, 1.54) is 12.3 Å². The number of carbonyl (C=O) groups is 1. The molecule has 1 aromatic heterocycles. The van der Waals surface area contributed by atoms with Gasteiger partial charge in [-0.25, -0.2) is 4.39 Å². The van der Waals surface area contributed by atoms with Crippen molar-refractivity contribution in [2.45, 2.75) is 13.0 Å². The van der Waals surface area contributed by atoms with Crippen LogP contribution in [-0.2, 0) is 0 Å². The molecule has 106 valence electrons. The number of rotatable bonds is 5. The monoisotopic (exact) mass is 276 g/mol. The molecule has 0 aliphatic heterocycles. The van der Waals surface area contributed by atoms with Crippen LogP contribution in [0.3, 0.4) is 0 Å². The summed E-state index contributed by atoms with van der Waals surface area (Å²) in [5.74, 6) is -0.673. The summed E-state index contributed by atoms with van der Waals surface area (Å²) in [5.41, 5.74) is 1.05. The minimum absolute atomic E-state index is 0.155. The number of carbonyl (C=O) groups excluding carboxylic acids is 1. The van der Waals surface area contributed by atoms with Crippen molar-refractivity contribution in [2.24, 2.45) is 0 Å². The van der Waals surface area contributed by atoms with Gasteiger partial charge in [-0.15, -0.1) is 0 Å². The van der Waals surface area contributed by atoms with E-state index in [0.29, 0.717) is 23.4 Å². The Bertz CT molecular complexity index is 596. The number of aromatic nitrogens is 2. The normalized spacial score (nSPS) is 12.2.